The summed E-state index contributed by atoms with van der Waals surface area (Å²) in [6.07, 6.45) is 7.79. The summed E-state index contributed by atoms with van der Waals surface area (Å²) in [7, 11) is 0. The van der Waals surface area contributed by atoms with Gasteiger partial charge in [-0.25, -0.2) is 4.98 Å². The van der Waals surface area contributed by atoms with Gasteiger partial charge in [-0.15, -0.1) is 6.42 Å². The highest BCUT2D eigenvalue weighted by Gasteiger charge is 1.91. The maximum absolute atomic E-state index is 5.07. The molecule has 0 aliphatic heterocycles. The molecule has 0 fully saturated rings. The molecule has 0 saturated heterocycles. The van der Waals surface area contributed by atoms with Crippen LogP contribution in [-0.4, -0.2) is 9.97 Å². The van der Waals surface area contributed by atoms with Crippen LogP contribution in [0.5, 0.6) is 0 Å². The Morgan fingerprint density at radius 3 is 3.00 bits per heavy atom. The molecule has 0 amide bonds. The summed E-state index contributed by atoms with van der Waals surface area (Å²) in [6.45, 7) is 2.05. The second-order valence-corrected chi connectivity index (χ2v) is 1.75. The molecule has 2 nitrogen and oxygen atoms in total. The fraction of sp³-hybridized carbons (Fsp3) is 0.286. The zero-order valence-electron chi connectivity index (χ0n) is 5.31. The fourth-order valence-corrected chi connectivity index (χ4v) is 0.612. The van der Waals surface area contributed by atoms with E-state index in [4.69, 9.17) is 6.42 Å². The Balaban J connectivity index is 2.90. The highest BCUT2D eigenvalue weighted by Crippen LogP contribution is 1.94. The monoisotopic (exact) mass is 120 g/mol. The minimum atomic E-state index is 0.617. The molecule has 9 heavy (non-hydrogen) atoms. The normalized spacial score (nSPS) is 8.89. The predicted molar refractivity (Wildman–Crippen MR) is 35.9 cm³/mol. The summed E-state index contributed by atoms with van der Waals surface area (Å²) < 4.78 is 0. The average Bonchev–Trinajstić information content (AvgIpc) is 2.34. The average molecular weight is 120 g/mol. The van der Waals surface area contributed by atoms with E-state index < -0.39 is 0 Å². The minimum absolute atomic E-state index is 0.617. The van der Waals surface area contributed by atoms with Gasteiger partial charge in [0.1, 0.15) is 0 Å². The van der Waals surface area contributed by atoms with Gasteiger partial charge in [-0.05, 0) is 12.3 Å². The third kappa shape index (κ3) is 1.11. The molecule has 0 aliphatic rings. The number of terminal acetylenes is 1. The molecule has 46 valence electrons. The molecule has 0 aromatic carbocycles. The van der Waals surface area contributed by atoms with E-state index in [1.165, 1.54) is 0 Å². The van der Waals surface area contributed by atoms with Crippen LogP contribution in [0.1, 0.15) is 18.4 Å². The van der Waals surface area contributed by atoms with Crippen LogP contribution in [0, 0.1) is 12.3 Å². The van der Waals surface area contributed by atoms with Crippen molar-refractivity contribution in [1.29, 1.82) is 0 Å². The molecule has 0 saturated carbocycles. The van der Waals surface area contributed by atoms with Crippen molar-refractivity contribution in [1.82, 2.24) is 9.97 Å². The first-order chi connectivity index (χ1) is 4.36. The summed E-state index contributed by atoms with van der Waals surface area (Å²) in [5.41, 5.74) is 1.09. The summed E-state index contributed by atoms with van der Waals surface area (Å²) in [5, 5.41) is 0. The largest absolute Gasteiger partial charge is 0.335 e. The number of nitrogens with one attached hydrogen (secondary N) is 1. The molecule has 0 radical (unpaired) electrons. The van der Waals surface area contributed by atoms with Gasteiger partial charge >= 0.3 is 0 Å². The first-order valence-corrected chi connectivity index (χ1v) is 2.87. The van der Waals surface area contributed by atoms with Crippen LogP contribution in [0.3, 0.4) is 0 Å². The number of imidazole rings is 1. The van der Waals surface area contributed by atoms with Crippen molar-refractivity contribution < 1.29 is 0 Å². The Morgan fingerprint density at radius 2 is 2.67 bits per heavy atom. The molecule has 1 heterocycles. The van der Waals surface area contributed by atoms with Gasteiger partial charge in [-0.3, -0.25) is 0 Å². The van der Waals surface area contributed by atoms with Crippen LogP contribution in [0.15, 0.2) is 6.20 Å². The highest BCUT2D eigenvalue weighted by atomic mass is 14.9. The smallest absolute Gasteiger partial charge is 0.182 e. The van der Waals surface area contributed by atoms with Crippen molar-refractivity contribution in [3.05, 3.63) is 17.7 Å². The highest BCUT2D eigenvalue weighted by molar-refractivity contribution is 5.17. The Morgan fingerprint density at radius 1 is 1.89 bits per heavy atom. The molecule has 0 unspecified atom stereocenters. The molecule has 1 aromatic rings. The predicted octanol–water partition coefficient (Wildman–Crippen LogP) is 0.953. The Hall–Kier alpha value is -1.23. The van der Waals surface area contributed by atoms with Crippen molar-refractivity contribution in [2.24, 2.45) is 0 Å². The van der Waals surface area contributed by atoms with Gasteiger partial charge in [-0.2, -0.15) is 0 Å². The van der Waals surface area contributed by atoms with E-state index in [1.54, 1.807) is 6.20 Å². The number of H-pyrrole nitrogens is 1. The van der Waals surface area contributed by atoms with Gasteiger partial charge in [0, 0.05) is 11.9 Å². The molecule has 0 atom stereocenters. The van der Waals surface area contributed by atoms with E-state index in [9.17, 15) is 0 Å². The number of rotatable bonds is 1. The second-order valence-electron chi connectivity index (χ2n) is 1.75. The molecule has 0 spiro atoms. The third-order valence-electron chi connectivity index (χ3n) is 1.15. The van der Waals surface area contributed by atoms with Crippen molar-refractivity contribution >= 4 is 0 Å². The van der Waals surface area contributed by atoms with Crippen LogP contribution in [0.25, 0.3) is 0 Å². The third-order valence-corrected chi connectivity index (χ3v) is 1.15. The number of hydrogen-bond donors (Lipinski definition) is 1. The van der Waals surface area contributed by atoms with Crippen LogP contribution in [0.2, 0.25) is 0 Å². The maximum atomic E-state index is 5.07. The Kier molecular flexibility index (Phi) is 1.55. The van der Waals surface area contributed by atoms with Gasteiger partial charge in [0.25, 0.3) is 0 Å². The van der Waals surface area contributed by atoms with Crippen molar-refractivity contribution in [3.8, 4) is 12.3 Å². The second kappa shape index (κ2) is 2.36. The molecule has 2 heteroatoms. The van der Waals surface area contributed by atoms with E-state index in [2.05, 4.69) is 15.9 Å². The summed E-state index contributed by atoms with van der Waals surface area (Å²) in [6, 6.07) is 0. The molecule has 1 aromatic heterocycles. The number of aromatic amines is 1. The van der Waals surface area contributed by atoms with Crippen molar-refractivity contribution in [2.45, 2.75) is 13.3 Å². The SMILES string of the molecule is C#Cc1ncc(CC)[nH]1. The Labute approximate surface area is 54.3 Å². The summed E-state index contributed by atoms with van der Waals surface area (Å²) in [4.78, 5) is 6.88. The zero-order valence-corrected chi connectivity index (χ0v) is 5.31. The van der Waals surface area contributed by atoms with Gasteiger partial charge in [0.2, 0.25) is 0 Å². The van der Waals surface area contributed by atoms with E-state index in [0.717, 1.165) is 12.1 Å². The molecular weight excluding hydrogens is 112 g/mol. The van der Waals surface area contributed by atoms with Gasteiger partial charge in [0.15, 0.2) is 5.82 Å². The van der Waals surface area contributed by atoms with Crippen LogP contribution in [0.4, 0.5) is 0 Å². The minimum Gasteiger partial charge on any atom is -0.335 e. The summed E-state index contributed by atoms with van der Waals surface area (Å²) in [5.74, 6) is 3.03. The number of hydrogen-bond acceptors (Lipinski definition) is 1. The van der Waals surface area contributed by atoms with Gasteiger partial charge in [0.05, 0.1) is 0 Å². The lowest BCUT2D eigenvalue weighted by atomic mass is 10.4. The van der Waals surface area contributed by atoms with Crippen LogP contribution in [-0.2, 0) is 6.42 Å². The van der Waals surface area contributed by atoms with Crippen molar-refractivity contribution in [3.63, 3.8) is 0 Å². The lowest BCUT2D eigenvalue weighted by molar-refractivity contribution is 1.06. The lowest BCUT2D eigenvalue weighted by Gasteiger charge is -1.81. The van der Waals surface area contributed by atoms with Crippen molar-refractivity contribution in [2.75, 3.05) is 0 Å². The standard InChI is InChI=1S/C7H8N2/c1-3-6-5-8-7(4-2)9-6/h2,5H,3H2,1H3,(H,8,9). The number of nitrogens with zero attached hydrogens (tertiary/aromatic N) is 1. The van der Waals surface area contributed by atoms with Crippen LogP contribution >= 0.6 is 0 Å². The van der Waals surface area contributed by atoms with Gasteiger partial charge in [-0.1, -0.05) is 6.92 Å². The molecule has 0 bridgehead atoms. The molecular formula is C7H8N2. The first-order valence-electron chi connectivity index (χ1n) is 2.87. The number of aryl methyl sites for hydroxylation is 1. The van der Waals surface area contributed by atoms with Crippen LogP contribution < -0.4 is 0 Å². The quantitative estimate of drug-likeness (QED) is 0.549. The van der Waals surface area contributed by atoms with E-state index in [-0.39, 0.29) is 0 Å². The van der Waals surface area contributed by atoms with E-state index in [0.29, 0.717) is 5.82 Å². The molecule has 1 N–H and O–H groups in total. The lowest BCUT2D eigenvalue weighted by Crippen LogP contribution is -1.78. The zero-order chi connectivity index (χ0) is 6.69. The fourth-order valence-electron chi connectivity index (χ4n) is 0.612. The number of aromatic nitrogens is 2. The molecule has 1 rings (SSSR count). The summed E-state index contributed by atoms with van der Waals surface area (Å²) >= 11 is 0. The maximum Gasteiger partial charge on any atom is 0.182 e. The van der Waals surface area contributed by atoms with E-state index >= 15 is 0 Å². The van der Waals surface area contributed by atoms with Gasteiger partial charge < -0.3 is 4.98 Å². The molecule has 0 aliphatic carbocycles. The first kappa shape index (κ1) is 5.90. The topological polar surface area (TPSA) is 28.7 Å². The Bertz CT molecular complexity index is 229. The van der Waals surface area contributed by atoms with E-state index in [1.807, 2.05) is 6.92 Å².